The van der Waals surface area contributed by atoms with Gasteiger partial charge in [0.25, 0.3) is 0 Å². The Balaban J connectivity index is 1.36. The van der Waals surface area contributed by atoms with E-state index in [2.05, 4.69) is 22.3 Å². The number of amides is 1. The number of hydrogen-bond acceptors (Lipinski definition) is 4. The van der Waals surface area contributed by atoms with Crippen LogP contribution >= 0.6 is 0 Å². The lowest BCUT2D eigenvalue weighted by Gasteiger charge is -2.29. The summed E-state index contributed by atoms with van der Waals surface area (Å²) in [5.41, 5.74) is 1.54. The van der Waals surface area contributed by atoms with Crippen LogP contribution in [0.5, 0.6) is 5.75 Å². The Labute approximate surface area is 169 Å². The molecule has 2 atom stereocenters. The number of nitrogens with zero attached hydrogens (tertiary/aromatic N) is 3. The largest absolute Gasteiger partial charge is 0.508 e. The number of aromatic hydroxyl groups is 1. The van der Waals surface area contributed by atoms with Crippen LogP contribution in [0, 0.1) is 5.92 Å². The van der Waals surface area contributed by atoms with Crippen molar-refractivity contribution in [3.63, 3.8) is 0 Å². The normalized spacial score (nSPS) is 22.0. The minimum Gasteiger partial charge on any atom is -0.508 e. The third kappa shape index (κ3) is 3.09. The maximum absolute atomic E-state index is 13.0. The second kappa shape index (κ2) is 6.72. The van der Waals surface area contributed by atoms with Gasteiger partial charge >= 0.3 is 0 Å². The molecule has 2 N–H and O–H groups in total. The molecule has 2 aromatic carbocycles. The van der Waals surface area contributed by atoms with Crippen LogP contribution < -0.4 is 5.32 Å². The molecule has 0 saturated heterocycles. The van der Waals surface area contributed by atoms with E-state index in [0.29, 0.717) is 24.2 Å². The van der Waals surface area contributed by atoms with Gasteiger partial charge in [-0.2, -0.15) is 4.98 Å². The average Bonchev–Trinajstić information content (AvgIpc) is 3.45. The van der Waals surface area contributed by atoms with Gasteiger partial charge in [0.05, 0.1) is 12.0 Å². The topological polar surface area (TPSA) is 80.0 Å². The summed E-state index contributed by atoms with van der Waals surface area (Å²) in [6, 6.07) is 17.4. The fourth-order valence-electron chi connectivity index (χ4n) is 4.48. The quantitative estimate of drug-likeness (QED) is 0.715. The van der Waals surface area contributed by atoms with E-state index in [9.17, 15) is 9.90 Å². The maximum Gasteiger partial charge on any atom is 0.249 e. The molecule has 1 aliphatic carbocycles. The molecule has 148 valence electrons. The van der Waals surface area contributed by atoms with Crippen LogP contribution in [0.25, 0.3) is 0 Å². The van der Waals surface area contributed by atoms with Gasteiger partial charge in [-0.1, -0.05) is 55.5 Å². The van der Waals surface area contributed by atoms with E-state index in [1.807, 2.05) is 53.2 Å². The first-order valence-corrected chi connectivity index (χ1v) is 10.2. The number of nitrogens with one attached hydrogen (secondary N) is 1. The van der Waals surface area contributed by atoms with Crippen LogP contribution in [0.3, 0.4) is 0 Å². The molecule has 2 heterocycles. The second-order valence-corrected chi connectivity index (χ2v) is 8.28. The zero-order chi connectivity index (χ0) is 20.0. The Kier molecular flexibility index (Phi) is 4.15. The highest BCUT2D eigenvalue weighted by Gasteiger charge is 2.51. The highest BCUT2D eigenvalue weighted by atomic mass is 16.3. The summed E-state index contributed by atoms with van der Waals surface area (Å²) in [5.74, 6) is 2.02. The monoisotopic (exact) mass is 388 g/mol. The molecule has 0 bridgehead atoms. The van der Waals surface area contributed by atoms with Crippen LogP contribution in [-0.2, 0) is 23.2 Å². The molecular formula is C23H24N4O2. The molecule has 0 spiro atoms. The van der Waals surface area contributed by atoms with Crippen molar-refractivity contribution in [3.8, 4) is 5.75 Å². The van der Waals surface area contributed by atoms with Crippen molar-refractivity contribution in [1.82, 2.24) is 14.8 Å². The number of rotatable bonds is 4. The van der Waals surface area contributed by atoms with Gasteiger partial charge in [-0.3, -0.25) is 10.1 Å². The van der Waals surface area contributed by atoms with Gasteiger partial charge < -0.3 is 5.11 Å². The average molecular weight is 388 g/mol. The van der Waals surface area contributed by atoms with Crippen molar-refractivity contribution in [2.24, 2.45) is 5.92 Å². The molecular weight excluding hydrogens is 364 g/mol. The molecule has 6 heteroatoms. The van der Waals surface area contributed by atoms with E-state index in [0.717, 1.165) is 36.2 Å². The third-order valence-electron chi connectivity index (χ3n) is 6.38. The maximum atomic E-state index is 13.0. The van der Waals surface area contributed by atoms with Gasteiger partial charge in [0.15, 0.2) is 0 Å². The van der Waals surface area contributed by atoms with E-state index < -0.39 is 5.41 Å². The first-order chi connectivity index (χ1) is 14.1. The predicted molar refractivity (Wildman–Crippen MR) is 110 cm³/mol. The Morgan fingerprint density at radius 1 is 1.14 bits per heavy atom. The molecule has 5 rings (SSSR count). The van der Waals surface area contributed by atoms with Crippen LogP contribution in [0.4, 0.5) is 5.95 Å². The molecule has 1 saturated carbocycles. The summed E-state index contributed by atoms with van der Waals surface area (Å²) in [4.78, 5) is 17.6. The van der Waals surface area contributed by atoms with Crippen molar-refractivity contribution in [2.45, 2.75) is 44.1 Å². The number of para-hydroxylation sites is 1. The fourth-order valence-corrected chi connectivity index (χ4v) is 4.48. The number of benzene rings is 2. The number of aromatic nitrogens is 3. The highest BCUT2D eigenvalue weighted by molar-refractivity contribution is 6.00. The van der Waals surface area contributed by atoms with Crippen LogP contribution in [-0.4, -0.2) is 25.8 Å². The molecule has 2 aliphatic rings. The Morgan fingerprint density at radius 3 is 2.59 bits per heavy atom. The van der Waals surface area contributed by atoms with Crippen LogP contribution in [0.15, 0.2) is 54.6 Å². The van der Waals surface area contributed by atoms with Gasteiger partial charge in [-0.05, 0) is 36.0 Å². The molecule has 1 aromatic heterocycles. The summed E-state index contributed by atoms with van der Waals surface area (Å²) in [5, 5.41) is 17.8. The van der Waals surface area contributed by atoms with Gasteiger partial charge in [0.1, 0.15) is 11.6 Å². The van der Waals surface area contributed by atoms with Crippen molar-refractivity contribution >= 4 is 11.9 Å². The standard InChI is InChI=1S/C23H24N4O2/c1-15-13-20-24-22(25-21(29)23(11-12-23)16-7-3-2-4-8-16)26-27(20)14-18(15)17-9-5-6-10-19(17)28/h2-10,15,18,28H,11-14H2,1H3,(H,25,26,29). The minimum absolute atomic E-state index is 0.0306. The summed E-state index contributed by atoms with van der Waals surface area (Å²) < 4.78 is 1.87. The van der Waals surface area contributed by atoms with Crippen molar-refractivity contribution in [1.29, 1.82) is 0 Å². The first kappa shape index (κ1) is 17.9. The lowest BCUT2D eigenvalue weighted by Crippen LogP contribution is -2.28. The molecule has 1 amide bonds. The fraction of sp³-hybridized carbons (Fsp3) is 0.348. The van der Waals surface area contributed by atoms with E-state index in [1.165, 1.54) is 0 Å². The predicted octanol–water partition coefficient (Wildman–Crippen LogP) is 3.63. The number of fused-ring (bicyclic) bond motifs is 1. The number of hydrogen-bond donors (Lipinski definition) is 2. The van der Waals surface area contributed by atoms with Crippen molar-refractivity contribution in [3.05, 3.63) is 71.5 Å². The Morgan fingerprint density at radius 2 is 1.86 bits per heavy atom. The third-order valence-corrected chi connectivity index (χ3v) is 6.38. The first-order valence-electron chi connectivity index (χ1n) is 10.2. The van der Waals surface area contributed by atoms with Crippen molar-refractivity contribution in [2.75, 3.05) is 5.32 Å². The lowest BCUT2D eigenvalue weighted by molar-refractivity contribution is -0.118. The Bertz CT molecular complexity index is 1060. The van der Waals surface area contributed by atoms with Crippen LogP contribution in [0.2, 0.25) is 0 Å². The smallest absolute Gasteiger partial charge is 0.249 e. The summed E-state index contributed by atoms with van der Waals surface area (Å²) in [6.07, 6.45) is 2.46. The zero-order valence-corrected chi connectivity index (χ0v) is 16.4. The molecule has 0 radical (unpaired) electrons. The molecule has 1 aliphatic heterocycles. The SMILES string of the molecule is CC1Cc2nc(NC(=O)C3(c4ccccc4)CC3)nn2CC1c1ccccc1O. The van der Waals surface area contributed by atoms with Gasteiger partial charge in [-0.15, -0.1) is 5.10 Å². The number of phenols is 1. The molecule has 29 heavy (non-hydrogen) atoms. The van der Waals surface area contributed by atoms with Crippen molar-refractivity contribution < 1.29 is 9.90 Å². The molecule has 6 nitrogen and oxygen atoms in total. The summed E-state index contributed by atoms with van der Waals surface area (Å²) >= 11 is 0. The molecule has 1 fully saturated rings. The van der Waals surface area contributed by atoms with Gasteiger partial charge in [-0.25, -0.2) is 4.68 Å². The molecule has 2 unspecified atom stereocenters. The number of phenolic OH excluding ortho intramolecular Hbond substituents is 1. The number of carbonyl (C=O) groups is 1. The lowest BCUT2D eigenvalue weighted by atomic mass is 9.82. The second-order valence-electron chi connectivity index (χ2n) is 8.28. The van der Waals surface area contributed by atoms with E-state index >= 15 is 0 Å². The number of anilines is 1. The van der Waals surface area contributed by atoms with E-state index in [4.69, 9.17) is 0 Å². The van der Waals surface area contributed by atoms with Gasteiger partial charge in [0, 0.05) is 12.3 Å². The minimum atomic E-state index is -0.446. The zero-order valence-electron chi connectivity index (χ0n) is 16.4. The van der Waals surface area contributed by atoms with Crippen LogP contribution in [0.1, 0.15) is 42.6 Å². The highest BCUT2D eigenvalue weighted by Crippen LogP contribution is 2.48. The summed E-state index contributed by atoms with van der Waals surface area (Å²) in [6.45, 7) is 2.81. The Hall–Kier alpha value is -3.15. The van der Waals surface area contributed by atoms with E-state index in [1.54, 1.807) is 6.07 Å². The molecule has 3 aromatic rings. The van der Waals surface area contributed by atoms with E-state index in [-0.39, 0.29) is 11.8 Å². The number of carbonyl (C=O) groups excluding carboxylic acids is 1. The van der Waals surface area contributed by atoms with Gasteiger partial charge in [0.2, 0.25) is 11.9 Å². The summed E-state index contributed by atoms with van der Waals surface area (Å²) in [7, 11) is 0.